The van der Waals surface area contributed by atoms with Crippen LogP contribution in [0.15, 0.2) is 12.1 Å². The maximum atomic E-state index is 10.1. The molecule has 0 aromatic rings. The van der Waals surface area contributed by atoms with Crippen molar-refractivity contribution in [3.8, 4) is 0 Å². The van der Waals surface area contributed by atoms with Gasteiger partial charge in [0.2, 0.25) is 0 Å². The fourth-order valence-corrected chi connectivity index (χ4v) is 1.10. The summed E-state index contributed by atoms with van der Waals surface area (Å²) in [5, 5.41) is 0. The minimum atomic E-state index is -0.407. The first kappa shape index (κ1) is 10.5. The smallest absolute Gasteiger partial charge is 0.400 e. The Hall–Kier alpha value is -0.605. The van der Waals surface area contributed by atoms with Gasteiger partial charge in [-0.15, -0.1) is 0 Å². The Kier molecular flexibility index (Phi) is 2.64. The van der Waals surface area contributed by atoms with Crippen LogP contribution in [-0.2, 0) is 14.1 Å². The van der Waals surface area contributed by atoms with Crippen LogP contribution in [-0.4, -0.2) is 24.6 Å². The minimum Gasteiger partial charge on any atom is -0.400 e. The van der Waals surface area contributed by atoms with E-state index >= 15 is 0 Å². The molecule has 0 amide bonds. The predicted octanol–water partition coefficient (Wildman–Crippen LogP) is 1.37. The van der Waals surface area contributed by atoms with Gasteiger partial charge < -0.3 is 9.31 Å². The highest BCUT2D eigenvalue weighted by Crippen LogP contribution is 2.36. The van der Waals surface area contributed by atoms with Crippen molar-refractivity contribution in [2.75, 3.05) is 0 Å². The Labute approximate surface area is 79.2 Å². The summed E-state index contributed by atoms with van der Waals surface area (Å²) in [6.07, 6.45) is 2.10. The van der Waals surface area contributed by atoms with Gasteiger partial charge in [-0.3, -0.25) is 4.79 Å². The lowest BCUT2D eigenvalue weighted by atomic mass is 9.90. The van der Waals surface area contributed by atoms with Crippen LogP contribution in [0.3, 0.4) is 0 Å². The summed E-state index contributed by atoms with van der Waals surface area (Å²) >= 11 is 0. The van der Waals surface area contributed by atoms with Crippen molar-refractivity contribution in [1.82, 2.24) is 0 Å². The Balaban J connectivity index is 2.70. The van der Waals surface area contributed by atoms with E-state index in [9.17, 15) is 4.79 Å². The lowest BCUT2D eigenvalue weighted by Gasteiger charge is -2.32. The standard InChI is InChI=1S/C9H15BO3/c1-8(2)9(3,4)13-10(12-8)6-5-7-11/h5-7H,1-4H3/b6-5+. The molecule has 0 aromatic heterocycles. The normalized spacial score (nSPS) is 25.4. The molecule has 72 valence electrons. The SMILES string of the molecule is CC1(C)OB(/C=C/C=O)OC1(C)C. The lowest BCUT2D eigenvalue weighted by Crippen LogP contribution is -2.41. The molecule has 0 radical (unpaired) electrons. The average Bonchev–Trinajstić information content (AvgIpc) is 2.17. The van der Waals surface area contributed by atoms with Crippen LogP contribution in [0.1, 0.15) is 27.7 Å². The van der Waals surface area contributed by atoms with Gasteiger partial charge in [0.05, 0.1) is 11.2 Å². The van der Waals surface area contributed by atoms with Crippen molar-refractivity contribution in [3.63, 3.8) is 0 Å². The third kappa shape index (κ3) is 2.01. The number of hydrogen-bond acceptors (Lipinski definition) is 3. The largest absolute Gasteiger partial charge is 0.487 e. The van der Waals surface area contributed by atoms with Crippen LogP contribution < -0.4 is 0 Å². The van der Waals surface area contributed by atoms with Crippen molar-refractivity contribution < 1.29 is 14.1 Å². The van der Waals surface area contributed by atoms with E-state index in [1.54, 1.807) is 5.98 Å². The van der Waals surface area contributed by atoms with Crippen LogP contribution in [0, 0.1) is 0 Å². The van der Waals surface area contributed by atoms with E-state index in [0.717, 1.165) is 0 Å². The molecule has 1 aliphatic heterocycles. The molecule has 3 nitrogen and oxygen atoms in total. The third-order valence-electron chi connectivity index (χ3n) is 2.62. The van der Waals surface area contributed by atoms with Crippen molar-refractivity contribution in [1.29, 1.82) is 0 Å². The number of allylic oxidation sites excluding steroid dienone is 1. The summed E-state index contributed by atoms with van der Waals surface area (Å²) in [6, 6.07) is 0. The highest BCUT2D eigenvalue weighted by molar-refractivity contribution is 6.52. The Morgan fingerprint density at radius 3 is 1.92 bits per heavy atom. The third-order valence-corrected chi connectivity index (χ3v) is 2.62. The van der Waals surface area contributed by atoms with Crippen molar-refractivity contribution in [2.24, 2.45) is 0 Å². The van der Waals surface area contributed by atoms with E-state index in [1.165, 1.54) is 6.08 Å². The second-order valence-corrected chi connectivity index (χ2v) is 4.15. The fourth-order valence-electron chi connectivity index (χ4n) is 1.10. The zero-order valence-corrected chi connectivity index (χ0v) is 8.53. The second-order valence-electron chi connectivity index (χ2n) is 4.15. The topological polar surface area (TPSA) is 35.5 Å². The number of aldehydes is 1. The van der Waals surface area contributed by atoms with E-state index < -0.39 is 7.12 Å². The number of carbonyl (C=O) groups is 1. The van der Waals surface area contributed by atoms with Crippen molar-refractivity contribution in [2.45, 2.75) is 38.9 Å². The molecular weight excluding hydrogens is 167 g/mol. The van der Waals surface area contributed by atoms with E-state index in [-0.39, 0.29) is 11.2 Å². The van der Waals surface area contributed by atoms with Gasteiger partial charge in [-0.25, -0.2) is 0 Å². The zero-order chi connectivity index (χ0) is 10.1. The van der Waals surface area contributed by atoms with Gasteiger partial charge in [-0.2, -0.15) is 0 Å². The number of rotatable bonds is 2. The highest BCUT2D eigenvalue weighted by atomic mass is 16.7. The molecule has 0 bridgehead atoms. The van der Waals surface area contributed by atoms with Crippen LogP contribution >= 0.6 is 0 Å². The molecule has 1 fully saturated rings. The second kappa shape index (κ2) is 3.27. The summed E-state index contributed by atoms with van der Waals surface area (Å²) in [6.45, 7) is 7.90. The molecule has 13 heavy (non-hydrogen) atoms. The summed E-state index contributed by atoms with van der Waals surface area (Å²) in [7, 11) is -0.407. The summed E-state index contributed by atoms with van der Waals surface area (Å²) in [5.74, 6) is 1.61. The van der Waals surface area contributed by atoms with Gasteiger partial charge in [0.15, 0.2) is 0 Å². The molecule has 0 unspecified atom stereocenters. The van der Waals surface area contributed by atoms with Gasteiger partial charge in [0.25, 0.3) is 0 Å². The van der Waals surface area contributed by atoms with Gasteiger partial charge in [0, 0.05) is 0 Å². The average molecular weight is 182 g/mol. The van der Waals surface area contributed by atoms with Crippen molar-refractivity contribution in [3.05, 3.63) is 12.1 Å². The Morgan fingerprint density at radius 2 is 1.54 bits per heavy atom. The van der Waals surface area contributed by atoms with Crippen LogP contribution in [0.2, 0.25) is 0 Å². The first-order chi connectivity index (χ1) is 5.89. The monoisotopic (exact) mass is 182 g/mol. The van der Waals surface area contributed by atoms with E-state index in [2.05, 4.69) is 0 Å². The maximum Gasteiger partial charge on any atom is 0.487 e. The molecule has 1 aliphatic rings. The fraction of sp³-hybridized carbons (Fsp3) is 0.667. The molecule has 0 saturated carbocycles. The Bertz CT molecular complexity index is 217. The predicted molar refractivity (Wildman–Crippen MR) is 51.3 cm³/mol. The van der Waals surface area contributed by atoms with E-state index in [0.29, 0.717) is 6.29 Å². The molecule has 4 heteroatoms. The lowest BCUT2D eigenvalue weighted by molar-refractivity contribution is -0.104. The molecule has 0 aliphatic carbocycles. The van der Waals surface area contributed by atoms with Gasteiger partial charge >= 0.3 is 7.12 Å². The molecule has 1 rings (SSSR count). The molecule has 0 aromatic carbocycles. The first-order valence-corrected chi connectivity index (χ1v) is 4.37. The van der Waals surface area contributed by atoms with Crippen LogP contribution in [0.4, 0.5) is 0 Å². The molecule has 0 spiro atoms. The number of carbonyl (C=O) groups excluding carboxylic acids is 1. The van der Waals surface area contributed by atoms with Gasteiger partial charge in [-0.1, -0.05) is 5.98 Å². The molecule has 0 atom stereocenters. The van der Waals surface area contributed by atoms with E-state index in [4.69, 9.17) is 9.31 Å². The molecule has 0 N–H and O–H groups in total. The summed E-state index contributed by atoms with van der Waals surface area (Å²) < 4.78 is 11.2. The number of hydrogen-bond donors (Lipinski definition) is 0. The summed E-state index contributed by atoms with van der Waals surface area (Å²) in [5.41, 5.74) is -0.657. The van der Waals surface area contributed by atoms with E-state index in [1.807, 2.05) is 27.7 Å². The molecule has 1 heterocycles. The van der Waals surface area contributed by atoms with Crippen LogP contribution in [0.25, 0.3) is 0 Å². The van der Waals surface area contributed by atoms with Gasteiger partial charge in [0.1, 0.15) is 6.29 Å². The minimum absolute atomic E-state index is 0.328. The quantitative estimate of drug-likeness (QED) is 0.367. The molecule has 1 saturated heterocycles. The summed E-state index contributed by atoms with van der Waals surface area (Å²) in [4.78, 5) is 10.1. The maximum absolute atomic E-state index is 10.1. The Morgan fingerprint density at radius 1 is 1.08 bits per heavy atom. The first-order valence-electron chi connectivity index (χ1n) is 4.37. The zero-order valence-electron chi connectivity index (χ0n) is 8.53. The highest BCUT2D eigenvalue weighted by Gasteiger charge is 2.49. The molecular formula is C9H15BO3. The van der Waals surface area contributed by atoms with Crippen LogP contribution in [0.5, 0.6) is 0 Å². The van der Waals surface area contributed by atoms with Crippen molar-refractivity contribution >= 4 is 13.4 Å². The van der Waals surface area contributed by atoms with Gasteiger partial charge in [-0.05, 0) is 33.8 Å².